The second-order valence-electron chi connectivity index (χ2n) is 6.49. The van der Waals surface area contributed by atoms with Crippen LogP contribution in [0.1, 0.15) is 18.7 Å². The number of nitrogens with one attached hydrogen (secondary N) is 1. The molecule has 0 fully saturated rings. The number of hydrogen-bond acceptors (Lipinski definition) is 6. The number of benzene rings is 2. The minimum absolute atomic E-state index is 0.0597. The van der Waals surface area contributed by atoms with E-state index in [1.807, 2.05) is 30.3 Å². The Morgan fingerprint density at radius 2 is 1.83 bits per heavy atom. The van der Waals surface area contributed by atoms with Crippen LogP contribution < -0.4 is 5.32 Å². The Morgan fingerprint density at radius 3 is 2.57 bits per heavy atom. The summed E-state index contributed by atoms with van der Waals surface area (Å²) in [5.74, 6) is -2.16. The zero-order valence-corrected chi connectivity index (χ0v) is 15.5. The van der Waals surface area contributed by atoms with Crippen molar-refractivity contribution in [2.45, 2.75) is 12.8 Å². The van der Waals surface area contributed by atoms with Gasteiger partial charge in [-0.15, -0.1) is 0 Å². The molecule has 0 radical (unpaired) electrons. The summed E-state index contributed by atoms with van der Waals surface area (Å²) in [6.07, 6.45) is 0.381. The lowest BCUT2D eigenvalue weighted by Crippen LogP contribution is -2.38. The molecule has 0 unspecified atom stereocenters. The highest BCUT2D eigenvalue weighted by Crippen LogP contribution is 2.19. The van der Waals surface area contributed by atoms with Gasteiger partial charge >= 0.3 is 0 Å². The molecule has 0 spiro atoms. The smallest absolute Gasteiger partial charge is 0.274 e. The first-order valence-electron chi connectivity index (χ1n) is 9.01. The molecule has 0 atom stereocenters. The van der Waals surface area contributed by atoms with Crippen LogP contribution in [0.15, 0.2) is 58.2 Å². The van der Waals surface area contributed by atoms with Gasteiger partial charge in [-0.2, -0.15) is 10.1 Å². The Kier molecular flexibility index (Phi) is 5.29. The van der Waals surface area contributed by atoms with E-state index >= 15 is 0 Å². The Morgan fingerprint density at radius 1 is 1.10 bits per heavy atom. The van der Waals surface area contributed by atoms with Crippen molar-refractivity contribution in [3.05, 3.63) is 66.1 Å². The fraction of sp³-hybridized carbons (Fsp3) is 0.150. The monoisotopic (exact) mass is 411 g/mol. The van der Waals surface area contributed by atoms with E-state index < -0.39 is 24.1 Å². The van der Waals surface area contributed by atoms with Crippen LogP contribution in [0.2, 0.25) is 0 Å². The van der Waals surface area contributed by atoms with Crippen LogP contribution in [0.4, 0.5) is 14.5 Å². The molecule has 2 aromatic carbocycles. The van der Waals surface area contributed by atoms with Crippen LogP contribution in [0.25, 0.3) is 11.4 Å². The van der Waals surface area contributed by atoms with Gasteiger partial charge in [0.1, 0.15) is 23.9 Å². The first-order chi connectivity index (χ1) is 14.5. The molecule has 2 amide bonds. The van der Waals surface area contributed by atoms with E-state index in [0.29, 0.717) is 17.6 Å². The van der Waals surface area contributed by atoms with Crippen LogP contribution >= 0.6 is 0 Å². The molecule has 0 bridgehead atoms. The number of aromatic nitrogens is 2. The lowest BCUT2D eigenvalue weighted by atomic mass is 10.1. The molecule has 1 aliphatic heterocycles. The SMILES string of the molecule is O=C(CN1N=C(c2nc(-c3ccccc3)no2)CCC1=O)Nc1cc(F)cc(F)c1. The number of carbonyl (C=O) groups is 2. The van der Waals surface area contributed by atoms with Crippen molar-refractivity contribution in [1.29, 1.82) is 0 Å². The average molecular weight is 411 g/mol. The molecule has 0 aliphatic carbocycles. The third-order valence-electron chi connectivity index (χ3n) is 4.25. The van der Waals surface area contributed by atoms with Crippen LogP contribution in [-0.2, 0) is 9.59 Å². The molecule has 1 N–H and O–H groups in total. The number of amides is 2. The van der Waals surface area contributed by atoms with Gasteiger partial charge in [-0.05, 0) is 12.1 Å². The van der Waals surface area contributed by atoms with Crippen LogP contribution in [0.5, 0.6) is 0 Å². The second-order valence-corrected chi connectivity index (χ2v) is 6.49. The van der Waals surface area contributed by atoms with Gasteiger partial charge in [0.05, 0.1) is 0 Å². The summed E-state index contributed by atoms with van der Waals surface area (Å²) in [5.41, 5.74) is 1.07. The number of halogens is 2. The van der Waals surface area contributed by atoms with E-state index in [0.717, 1.165) is 22.7 Å². The molecular weight excluding hydrogens is 396 g/mol. The zero-order valence-electron chi connectivity index (χ0n) is 15.5. The van der Waals surface area contributed by atoms with Gasteiger partial charge in [-0.1, -0.05) is 35.5 Å². The van der Waals surface area contributed by atoms with E-state index in [2.05, 4.69) is 20.6 Å². The number of rotatable bonds is 5. The topological polar surface area (TPSA) is 101 Å². The number of anilines is 1. The predicted molar refractivity (Wildman–Crippen MR) is 102 cm³/mol. The minimum atomic E-state index is -0.828. The first kappa shape index (κ1) is 19.4. The van der Waals surface area contributed by atoms with Gasteiger partial charge in [-0.3, -0.25) is 9.59 Å². The fourth-order valence-electron chi connectivity index (χ4n) is 2.89. The van der Waals surface area contributed by atoms with Crippen molar-refractivity contribution in [2.75, 3.05) is 11.9 Å². The Balaban J connectivity index is 1.48. The van der Waals surface area contributed by atoms with Gasteiger partial charge in [0.25, 0.3) is 5.89 Å². The van der Waals surface area contributed by atoms with Gasteiger partial charge in [0.15, 0.2) is 0 Å². The van der Waals surface area contributed by atoms with E-state index in [9.17, 15) is 18.4 Å². The fourth-order valence-corrected chi connectivity index (χ4v) is 2.89. The van der Waals surface area contributed by atoms with Crippen molar-refractivity contribution in [3.63, 3.8) is 0 Å². The third kappa shape index (κ3) is 4.37. The van der Waals surface area contributed by atoms with Gasteiger partial charge in [0, 0.05) is 30.2 Å². The highest BCUT2D eigenvalue weighted by molar-refractivity contribution is 6.02. The van der Waals surface area contributed by atoms with Crippen molar-refractivity contribution in [1.82, 2.24) is 15.1 Å². The molecule has 1 aliphatic rings. The summed E-state index contributed by atoms with van der Waals surface area (Å²) in [6.45, 7) is -0.430. The van der Waals surface area contributed by atoms with Crippen molar-refractivity contribution < 1.29 is 22.9 Å². The van der Waals surface area contributed by atoms with Crippen LogP contribution in [0, 0.1) is 11.6 Å². The number of carbonyl (C=O) groups excluding carboxylic acids is 2. The zero-order chi connectivity index (χ0) is 21.1. The summed E-state index contributed by atoms with van der Waals surface area (Å²) in [7, 11) is 0. The number of hydrazone groups is 1. The Bertz CT molecular complexity index is 1110. The number of nitrogens with zero attached hydrogens (tertiary/aromatic N) is 4. The molecular formula is C20H15F2N5O3. The molecule has 8 nitrogen and oxygen atoms in total. The number of hydrogen-bond donors (Lipinski definition) is 1. The van der Waals surface area contributed by atoms with Gasteiger partial charge < -0.3 is 9.84 Å². The van der Waals surface area contributed by atoms with E-state index in [1.165, 1.54) is 0 Å². The molecule has 30 heavy (non-hydrogen) atoms. The summed E-state index contributed by atoms with van der Waals surface area (Å²) in [6, 6.07) is 11.8. The summed E-state index contributed by atoms with van der Waals surface area (Å²) >= 11 is 0. The molecule has 4 rings (SSSR count). The largest absolute Gasteiger partial charge is 0.332 e. The van der Waals surface area contributed by atoms with E-state index in [-0.39, 0.29) is 30.3 Å². The molecule has 1 aromatic heterocycles. The predicted octanol–water partition coefficient (Wildman–Crippen LogP) is 2.98. The van der Waals surface area contributed by atoms with E-state index in [1.54, 1.807) is 0 Å². The van der Waals surface area contributed by atoms with Crippen molar-refractivity contribution >= 4 is 23.2 Å². The van der Waals surface area contributed by atoms with Crippen molar-refractivity contribution in [3.8, 4) is 11.4 Å². The van der Waals surface area contributed by atoms with Crippen molar-refractivity contribution in [2.24, 2.45) is 5.10 Å². The lowest BCUT2D eigenvalue weighted by molar-refractivity contribution is -0.135. The third-order valence-corrected chi connectivity index (χ3v) is 4.25. The molecule has 3 aromatic rings. The maximum atomic E-state index is 13.3. The summed E-state index contributed by atoms with van der Waals surface area (Å²) < 4.78 is 31.8. The lowest BCUT2D eigenvalue weighted by Gasteiger charge is -2.21. The summed E-state index contributed by atoms with van der Waals surface area (Å²) in [5, 5.41) is 11.4. The van der Waals surface area contributed by atoms with Crippen LogP contribution in [-0.4, -0.2) is 39.2 Å². The molecule has 2 heterocycles. The molecule has 0 saturated carbocycles. The molecule has 0 saturated heterocycles. The molecule has 152 valence electrons. The van der Waals surface area contributed by atoms with Gasteiger partial charge in [0.2, 0.25) is 17.6 Å². The Hall–Kier alpha value is -3.95. The molecule has 10 heteroatoms. The first-order valence-corrected chi connectivity index (χ1v) is 9.01. The van der Waals surface area contributed by atoms with Gasteiger partial charge in [-0.25, -0.2) is 13.8 Å². The van der Waals surface area contributed by atoms with E-state index in [4.69, 9.17) is 4.52 Å². The quantitative estimate of drug-likeness (QED) is 0.696. The maximum Gasteiger partial charge on any atom is 0.274 e. The highest BCUT2D eigenvalue weighted by Gasteiger charge is 2.26. The maximum absolute atomic E-state index is 13.3. The summed E-state index contributed by atoms with van der Waals surface area (Å²) in [4.78, 5) is 28.7. The van der Waals surface area contributed by atoms with Crippen LogP contribution in [0.3, 0.4) is 0 Å². The standard InChI is InChI=1S/C20H15F2N5O3/c21-13-8-14(22)10-15(9-13)23-17(28)11-27-18(29)7-6-16(25-27)20-24-19(26-30-20)12-4-2-1-3-5-12/h1-5,8-10H,6-7,11H2,(H,23,28). The second kappa shape index (κ2) is 8.19. The highest BCUT2D eigenvalue weighted by atomic mass is 19.1. The Labute approximate surface area is 169 Å². The normalized spacial score (nSPS) is 13.9. The average Bonchev–Trinajstić information content (AvgIpc) is 3.20. The minimum Gasteiger partial charge on any atom is -0.332 e.